The molecule has 3 aromatic rings. The fraction of sp³-hybridized carbons (Fsp3) is 0.0556. The van der Waals surface area contributed by atoms with Crippen molar-refractivity contribution in [1.29, 1.82) is 0 Å². The zero-order valence-corrected chi connectivity index (χ0v) is 12.6. The summed E-state index contributed by atoms with van der Waals surface area (Å²) in [6.07, 6.45) is 3.14. The van der Waals surface area contributed by atoms with Gasteiger partial charge in [0.25, 0.3) is 5.91 Å². The molecule has 1 aromatic heterocycles. The Balaban J connectivity index is 1.67. The SMILES string of the molecule is Cc1cccc(-c2nnc(NC(=O)C=Cc3ccccc3)o2)c1. The Bertz CT molecular complexity index is 838. The van der Waals surface area contributed by atoms with Crippen molar-refractivity contribution in [3.05, 3.63) is 71.8 Å². The first-order chi connectivity index (χ1) is 11.2. The highest BCUT2D eigenvalue weighted by molar-refractivity contribution is 6.00. The van der Waals surface area contributed by atoms with Gasteiger partial charge in [-0.1, -0.05) is 53.1 Å². The van der Waals surface area contributed by atoms with Gasteiger partial charge in [0.2, 0.25) is 5.89 Å². The third-order valence-corrected chi connectivity index (χ3v) is 3.15. The second-order valence-electron chi connectivity index (χ2n) is 5.02. The van der Waals surface area contributed by atoms with Crippen LogP contribution in [0.5, 0.6) is 0 Å². The van der Waals surface area contributed by atoms with Crippen LogP contribution in [0.4, 0.5) is 6.01 Å². The Morgan fingerprint density at radius 1 is 1.09 bits per heavy atom. The molecule has 1 heterocycles. The van der Waals surface area contributed by atoms with E-state index in [1.165, 1.54) is 6.08 Å². The fourth-order valence-corrected chi connectivity index (χ4v) is 2.05. The maximum atomic E-state index is 11.9. The Kier molecular flexibility index (Phi) is 4.29. The predicted octanol–water partition coefficient (Wildman–Crippen LogP) is 3.70. The van der Waals surface area contributed by atoms with E-state index in [9.17, 15) is 4.79 Å². The van der Waals surface area contributed by atoms with Crippen LogP contribution in [0.2, 0.25) is 0 Å². The first-order valence-electron chi connectivity index (χ1n) is 7.15. The van der Waals surface area contributed by atoms with Crippen molar-refractivity contribution >= 4 is 18.0 Å². The Labute approximate surface area is 133 Å². The van der Waals surface area contributed by atoms with E-state index < -0.39 is 0 Å². The molecule has 0 aliphatic heterocycles. The summed E-state index contributed by atoms with van der Waals surface area (Å²) in [4.78, 5) is 11.9. The molecule has 0 saturated heterocycles. The maximum absolute atomic E-state index is 11.9. The average molecular weight is 305 g/mol. The lowest BCUT2D eigenvalue weighted by atomic mass is 10.1. The molecule has 23 heavy (non-hydrogen) atoms. The highest BCUT2D eigenvalue weighted by Gasteiger charge is 2.09. The lowest BCUT2D eigenvalue weighted by molar-refractivity contribution is -0.112. The summed E-state index contributed by atoms with van der Waals surface area (Å²) in [5.74, 6) is 0.0457. The Morgan fingerprint density at radius 2 is 1.91 bits per heavy atom. The Morgan fingerprint density at radius 3 is 2.70 bits per heavy atom. The van der Waals surface area contributed by atoms with Gasteiger partial charge in [0, 0.05) is 11.6 Å². The second kappa shape index (κ2) is 6.70. The van der Waals surface area contributed by atoms with E-state index in [1.54, 1.807) is 6.08 Å². The van der Waals surface area contributed by atoms with Gasteiger partial charge in [-0.2, -0.15) is 0 Å². The van der Waals surface area contributed by atoms with Crippen LogP contribution >= 0.6 is 0 Å². The monoisotopic (exact) mass is 305 g/mol. The van der Waals surface area contributed by atoms with Gasteiger partial charge >= 0.3 is 6.01 Å². The number of anilines is 1. The third-order valence-electron chi connectivity index (χ3n) is 3.15. The van der Waals surface area contributed by atoms with Gasteiger partial charge in [0.1, 0.15) is 0 Å². The minimum atomic E-state index is -0.326. The van der Waals surface area contributed by atoms with E-state index in [2.05, 4.69) is 15.5 Å². The number of nitrogens with one attached hydrogen (secondary N) is 1. The van der Waals surface area contributed by atoms with E-state index in [4.69, 9.17) is 4.42 Å². The van der Waals surface area contributed by atoms with Crippen LogP contribution in [0.15, 0.2) is 65.1 Å². The van der Waals surface area contributed by atoms with Crippen LogP contribution in [0.3, 0.4) is 0 Å². The lowest BCUT2D eigenvalue weighted by Gasteiger charge is -1.97. The fourth-order valence-electron chi connectivity index (χ4n) is 2.05. The Hall–Kier alpha value is -3.21. The molecule has 0 unspecified atom stereocenters. The van der Waals surface area contributed by atoms with Crippen LogP contribution in [0.1, 0.15) is 11.1 Å². The molecule has 1 N–H and O–H groups in total. The zero-order valence-electron chi connectivity index (χ0n) is 12.6. The first kappa shape index (κ1) is 14.7. The predicted molar refractivity (Wildman–Crippen MR) is 88.6 cm³/mol. The summed E-state index contributed by atoms with van der Waals surface area (Å²) in [6, 6.07) is 17.3. The molecule has 1 amide bonds. The number of rotatable bonds is 4. The largest absolute Gasteiger partial charge is 0.403 e. The number of carbonyl (C=O) groups excluding carboxylic acids is 1. The molecule has 114 valence electrons. The van der Waals surface area contributed by atoms with E-state index in [0.29, 0.717) is 5.89 Å². The van der Waals surface area contributed by atoms with Crippen molar-refractivity contribution in [1.82, 2.24) is 10.2 Å². The quantitative estimate of drug-likeness (QED) is 0.746. The van der Waals surface area contributed by atoms with Gasteiger partial charge in [-0.15, -0.1) is 5.10 Å². The normalized spacial score (nSPS) is 10.8. The zero-order chi connectivity index (χ0) is 16.1. The van der Waals surface area contributed by atoms with Crippen LogP contribution < -0.4 is 5.32 Å². The van der Waals surface area contributed by atoms with Crippen molar-refractivity contribution in [3.8, 4) is 11.5 Å². The van der Waals surface area contributed by atoms with Gasteiger partial charge in [-0.3, -0.25) is 10.1 Å². The van der Waals surface area contributed by atoms with Crippen molar-refractivity contribution in [3.63, 3.8) is 0 Å². The molecule has 5 heteroatoms. The topological polar surface area (TPSA) is 68.0 Å². The van der Waals surface area contributed by atoms with E-state index in [-0.39, 0.29) is 11.9 Å². The standard InChI is InChI=1S/C18H15N3O2/c1-13-6-5-9-15(12-13)17-20-21-18(23-17)19-16(22)11-10-14-7-3-2-4-8-14/h2-12H,1H3,(H,19,21,22). The summed E-state index contributed by atoms with van der Waals surface area (Å²) >= 11 is 0. The van der Waals surface area contributed by atoms with Crippen LogP contribution in [0.25, 0.3) is 17.5 Å². The minimum Gasteiger partial charge on any atom is -0.403 e. The number of carbonyl (C=O) groups is 1. The molecule has 0 aliphatic carbocycles. The molecule has 0 aliphatic rings. The molecule has 2 aromatic carbocycles. The average Bonchev–Trinajstić information content (AvgIpc) is 3.02. The summed E-state index contributed by atoms with van der Waals surface area (Å²) in [5, 5.41) is 10.3. The van der Waals surface area contributed by atoms with Crippen molar-refractivity contribution in [2.45, 2.75) is 6.92 Å². The van der Waals surface area contributed by atoms with Gasteiger partial charge in [-0.05, 0) is 30.7 Å². The molecule has 0 bridgehead atoms. The number of benzene rings is 2. The second-order valence-corrected chi connectivity index (χ2v) is 5.02. The molecular formula is C18H15N3O2. The number of aromatic nitrogens is 2. The van der Waals surface area contributed by atoms with Gasteiger partial charge in [0.15, 0.2) is 0 Å². The molecule has 0 spiro atoms. The molecule has 0 saturated carbocycles. The molecule has 0 fully saturated rings. The van der Waals surface area contributed by atoms with Gasteiger partial charge in [0.05, 0.1) is 0 Å². The van der Waals surface area contributed by atoms with Crippen molar-refractivity contribution in [2.24, 2.45) is 0 Å². The number of amides is 1. The van der Waals surface area contributed by atoms with Crippen LogP contribution in [-0.2, 0) is 4.79 Å². The highest BCUT2D eigenvalue weighted by Crippen LogP contribution is 2.20. The third kappa shape index (κ3) is 3.91. The molecule has 0 radical (unpaired) electrons. The molecule has 3 rings (SSSR count). The summed E-state index contributed by atoms with van der Waals surface area (Å²) in [7, 11) is 0. The molecule has 0 atom stereocenters. The summed E-state index contributed by atoms with van der Waals surface area (Å²) in [5.41, 5.74) is 2.85. The van der Waals surface area contributed by atoms with E-state index in [0.717, 1.165) is 16.7 Å². The summed E-state index contributed by atoms with van der Waals surface area (Å²) < 4.78 is 5.46. The highest BCUT2D eigenvalue weighted by atomic mass is 16.4. The molecule has 5 nitrogen and oxygen atoms in total. The lowest BCUT2D eigenvalue weighted by Crippen LogP contribution is -2.07. The van der Waals surface area contributed by atoms with Crippen molar-refractivity contribution in [2.75, 3.05) is 5.32 Å². The number of nitrogens with zero attached hydrogens (tertiary/aromatic N) is 2. The number of hydrogen-bond acceptors (Lipinski definition) is 4. The first-order valence-corrected chi connectivity index (χ1v) is 7.15. The number of hydrogen-bond donors (Lipinski definition) is 1. The van der Waals surface area contributed by atoms with Gasteiger partial charge in [-0.25, -0.2) is 0 Å². The van der Waals surface area contributed by atoms with E-state index >= 15 is 0 Å². The van der Waals surface area contributed by atoms with Crippen molar-refractivity contribution < 1.29 is 9.21 Å². The minimum absolute atomic E-state index is 0.0733. The van der Waals surface area contributed by atoms with E-state index in [1.807, 2.05) is 61.5 Å². The van der Waals surface area contributed by atoms with Gasteiger partial charge < -0.3 is 4.42 Å². The number of aryl methyl sites for hydroxylation is 1. The van der Waals surface area contributed by atoms with Crippen LogP contribution in [-0.4, -0.2) is 16.1 Å². The smallest absolute Gasteiger partial charge is 0.322 e. The summed E-state index contributed by atoms with van der Waals surface area (Å²) in [6.45, 7) is 1.98. The molecular weight excluding hydrogens is 290 g/mol. The maximum Gasteiger partial charge on any atom is 0.322 e. The van der Waals surface area contributed by atoms with Crippen LogP contribution in [0, 0.1) is 6.92 Å².